The van der Waals surface area contributed by atoms with Crippen LogP contribution < -0.4 is 0 Å². The second-order valence-electron chi connectivity index (χ2n) is 19.3. The van der Waals surface area contributed by atoms with E-state index < -0.39 is 0 Å². The molecule has 0 aliphatic heterocycles. The molecule has 0 N–H and O–H groups in total. The van der Waals surface area contributed by atoms with Crippen LogP contribution in [0.5, 0.6) is 0 Å². The summed E-state index contributed by atoms with van der Waals surface area (Å²) < 4.78 is 0. The maximum Gasteiger partial charge on any atom is 0.140 e. The maximum atomic E-state index is 11.6. The molecule has 0 aromatic heterocycles. The molecule has 4 atom stereocenters. The van der Waals surface area contributed by atoms with Gasteiger partial charge in [0.05, 0.1) is 0 Å². The highest BCUT2D eigenvalue weighted by Gasteiger charge is 2.54. The average Bonchev–Trinajstić information content (AvgIpc) is 2.97. The lowest BCUT2D eigenvalue weighted by molar-refractivity contribution is -0.154. The summed E-state index contributed by atoms with van der Waals surface area (Å²) in [6, 6.07) is 0. The number of Topliss-reactive ketones (excluding diaryl/α,β-unsaturated/α-hetero) is 3. The largest absolute Gasteiger partial charge is 0.299 e. The summed E-state index contributed by atoms with van der Waals surface area (Å²) in [6.07, 6.45) is 23.6. The molecule has 4 unspecified atom stereocenters. The van der Waals surface area contributed by atoms with Crippen molar-refractivity contribution in [3.8, 4) is 0 Å². The van der Waals surface area contributed by atoms with Crippen molar-refractivity contribution >= 4 is 17.3 Å². The molecule has 43 heavy (non-hydrogen) atoms. The third-order valence-corrected chi connectivity index (χ3v) is 15.6. The van der Waals surface area contributed by atoms with E-state index >= 15 is 0 Å². The van der Waals surface area contributed by atoms with Crippen molar-refractivity contribution in [2.75, 3.05) is 0 Å². The summed E-state index contributed by atoms with van der Waals surface area (Å²) in [5.41, 5.74) is 1.39. The number of hydrogen-bond acceptors (Lipinski definition) is 3. The fourth-order valence-electron chi connectivity index (χ4n) is 10.4. The molecule has 0 aromatic rings. The van der Waals surface area contributed by atoms with E-state index in [4.69, 9.17) is 0 Å². The van der Waals surface area contributed by atoms with Crippen molar-refractivity contribution in [3.05, 3.63) is 0 Å². The minimum Gasteiger partial charge on any atom is -0.299 e. The van der Waals surface area contributed by atoms with Gasteiger partial charge in [0.1, 0.15) is 17.3 Å². The molecule has 12 fully saturated rings. The van der Waals surface area contributed by atoms with Crippen molar-refractivity contribution in [1.29, 1.82) is 0 Å². The van der Waals surface area contributed by atoms with Crippen LogP contribution in [0.25, 0.3) is 0 Å². The third kappa shape index (κ3) is 6.77. The fraction of sp³-hybridized carbons (Fsp3) is 0.925. The van der Waals surface area contributed by atoms with Gasteiger partial charge < -0.3 is 0 Å². The van der Waals surface area contributed by atoms with Crippen LogP contribution in [0.4, 0.5) is 0 Å². The van der Waals surface area contributed by atoms with Gasteiger partial charge in [-0.15, -0.1) is 0 Å². The van der Waals surface area contributed by atoms with Crippen LogP contribution in [0.2, 0.25) is 0 Å². The van der Waals surface area contributed by atoms with Gasteiger partial charge in [0.2, 0.25) is 0 Å². The SMILES string of the molecule is CC12CCC(C)(CC1)C(=O)C2.CC12CCC(C)(CC1)CC2.CC12CCC(C)(CC1=O)C(=O)C2.CC1C2CCC(CC2)C1C. The lowest BCUT2D eigenvalue weighted by Crippen LogP contribution is -2.51. The molecule has 8 bridgehead atoms. The average molecular weight is 595 g/mol. The van der Waals surface area contributed by atoms with Crippen molar-refractivity contribution < 1.29 is 14.4 Å². The molecule has 12 aliphatic carbocycles. The highest BCUT2D eigenvalue weighted by atomic mass is 16.1. The molecule has 0 spiro atoms. The van der Waals surface area contributed by atoms with Gasteiger partial charge in [-0.1, -0.05) is 55.4 Å². The van der Waals surface area contributed by atoms with Crippen LogP contribution in [0, 0.1) is 56.2 Å². The van der Waals surface area contributed by atoms with E-state index in [1.54, 1.807) is 0 Å². The molecule has 0 heterocycles. The van der Waals surface area contributed by atoms with Crippen LogP contribution in [-0.2, 0) is 14.4 Å². The van der Waals surface area contributed by atoms with Crippen LogP contribution in [0.1, 0.15) is 177 Å². The maximum absolute atomic E-state index is 11.6. The first-order valence-corrected chi connectivity index (χ1v) is 18.5. The van der Waals surface area contributed by atoms with E-state index in [1.165, 1.54) is 77.0 Å². The van der Waals surface area contributed by atoms with E-state index in [0.29, 0.717) is 35.6 Å². The highest BCUT2D eigenvalue weighted by Crippen LogP contribution is 2.57. The normalized spacial score (nSPS) is 50.7. The molecule has 3 heteroatoms. The van der Waals surface area contributed by atoms with Gasteiger partial charge in [-0.3, -0.25) is 14.4 Å². The highest BCUT2D eigenvalue weighted by molar-refractivity contribution is 6.01. The quantitative estimate of drug-likeness (QED) is 0.280. The van der Waals surface area contributed by atoms with Crippen molar-refractivity contribution in [2.24, 2.45) is 56.2 Å². The summed E-state index contributed by atoms with van der Waals surface area (Å²) in [7, 11) is 0. The predicted molar refractivity (Wildman–Crippen MR) is 177 cm³/mol. The molecule has 12 saturated carbocycles. The summed E-state index contributed by atoms with van der Waals surface area (Å²) in [4.78, 5) is 34.7. The van der Waals surface area contributed by atoms with Crippen molar-refractivity contribution in [3.63, 3.8) is 0 Å². The lowest BCUT2D eigenvalue weighted by atomic mass is 9.54. The second-order valence-corrected chi connectivity index (χ2v) is 19.3. The van der Waals surface area contributed by atoms with Gasteiger partial charge in [0, 0.05) is 35.5 Å². The molecule has 3 nitrogen and oxygen atoms in total. The number of fused-ring (bicyclic) bond motifs is 12. The first-order valence-electron chi connectivity index (χ1n) is 18.5. The smallest absolute Gasteiger partial charge is 0.140 e. The van der Waals surface area contributed by atoms with Gasteiger partial charge in [-0.25, -0.2) is 0 Å². The zero-order valence-electron chi connectivity index (χ0n) is 29.5. The molecule has 12 rings (SSSR count). The van der Waals surface area contributed by atoms with E-state index in [9.17, 15) is 14.4 Å². The summed E-state index contributed by atoms with van der Waals surface area (Å²) in [5.74, 6) is 5.39. The molecule has 0 radical (unpaired) electrons. The minimum atomic E-state index is -0.297. The summed E-state index contributed by atoms with van der Waals surface area (Å²) >= 11 is 0. The Morgan fingerprint density at radius 2 is 0.674 bits per heavy atom. The molecule has 0 saturated heterocycles. The van der Waals surface area contributed by atoms with Crippen molar-refractivity contribution in [1.82, 2.24) is 0 Å². The molecule has 244 valence electrons. The Balaban J connectivity index is 0.000000114. The first-order chi connectivity index (χ1) is 19.9. The molecule has 12 aliphatic rings. The summed E-state index contributed by atoms with van der Waals surface area (Å²) in [6.45, 7) is 18.2. The van der Waals surface area contributed by atoms with Crippen molar-refractivity contribution in [2.45, 2.75) is 177 Å². The molecular weight excluding hydrogens is 528 g/mol. The van der Waals surface area contributed by atoms with Gasteiger partial charge in [0.25, 0.3) is 0 Å². The molecular formula is C40H66O3. The van der Waals surface area contributed by atoms with Gasteiger partial charge in [0.15, 0.2) is 0 Å². The monoisotopic (exact) mass is 595 g/mol. The van der Waals surface area contributed by atoms with Gasteiger partial charge >= 0.3 is 0 Å². The van der Waals surface area contributed by atoms with Gasteiger partial charge in [-0.05, 0) is 143 Å². The van der Waals surface area contributed by atoms with E-state index in [2.05, 4.69) is 41.5 Å². The van der Waals surface area contributed by atoms with Crippen LogP contribution >= 0.6 is 0 Å². The topological polar surface area (TPSA) is 51.2 Å². The van der Waals surface area contributed by atoms with E-state index in [-0.39, 0.29) is 16.2 Å². The number of hydrogen-bond donors (Lipinski definition) is 0. The number of ketones is 3. The lowest BCUT2D eigenvalue weighted by Gasteiger charge is -2.50. The minimum absolute atomic E-state index is 0.0811. The molecule has 0 amide bonds. The third-order valence-electron chi connectivity index (χ3n) is 15.6. The van der Waals surface area contributed by atoms with E-state index in [0.717, 1.165) is 66.6 Å². The Kier molecular flexibility index (Phi) is 9.06. The Bertz CT molecular complexity index is 979. The Labute approximate surface area is 264 Å². The number of carbonyl (C=O) groups is 3. The predicted octanol–water partition coefficient (Wildman–Crippen LogP) is 10.7. The van der Waals surface area contributed by atoms with E-state index in [1.807, 2.05) is 13.8 Å². The van der Waals surface area contributed by atoms with Gasteiger partial charge in [-0.2, -0.15) is 0 Å². The Morgan fingerprint density at radius 1 is 0.395 bits per heavy atom. The summed E-state index contributed by atoms with van der Waals surface area (Å²) in [5, 5.41) is 0. The zero-order valence-corrected chi connectivity index (χ0v) is 29.5. The van der Waals surface area contributed by atoms with Crippen LogP contribution in [0.3, 0.4) is 0 Å². The number of rotatable bonds is 0. The number of carbonyl (C=O) groups excluding carboxylic acids is 3. The zero-order chi connectivity index (χ0) is 31.5. The Hall–Kier alpha value is -0.990. The first kappa shape index (κ1) is 33.4. The standard InChI is InChI=1S/C10H14O2.C10H16O.2C10H18/c1-9-3-4-10(2,6-7(9)11)8(12)5-9;1-9-3-5-10(2,6-4-9)8(11)7-9;1-9-3-6-10(2,7-4-9)8-5-9;1-7-8(2)10-5-3-9(7)4-6-10/h3-6H2,1-2H3;3-7H2,1-2H3;3-8H2,1-2H3;7-10H,3-6H2,1-2H3. The molecule has 0 aromatic carbocycles. The fourth-order valence-corrected chi connectivity index (χ4v) is 10.4. The Morgan fingerprint density at radius 3 is 0.930 bits per heavy atom. The second kappa shape index (κ2) is 11.7. The van der Waals surface area contributed by atoms with Crippen LogP contribution in [-0.4, -0.2) is 17.3 Å². The van der Waals surface area contributed by atoms with Crippen LogP contribution in [0.15, 0.2) is 0 Å².